The number of aliphatic imine (C=N–C) groups is 1. The summed E-state index contributed by atoms with van der Waals surface area (Å²) < 4.78 is 39.3. The second kappa shape index (κ2) is 5.61. The monoisotopic (exact) mass is 284 g/mol. The predicted molar refractivity (Wildman–Crippen MR) is 66.3 cm³/mol. The van der Waals surface area contributed by atoms with Gasteiger partial charge in [0.05, 0.1) is 6.04 Å². The van der Waals surface area contributed by atoms with Gasteiger partial charge in [-0.1, -0.05) is 12.1 Å². The van der Waals surface area contributed by atoms with E-state index in [1.54, 1.807) is 0 Å². The maximum absolute atomic E-state index is 13.6. The van der Waals surface area contributed by atoms with Crippen LogP contribution in [0.5, 0.6) is 0 Å². The first kappa shape index (κ1) is 13.9. The fourth-order valence-corrected chi connectivity index (χ4v) is 3.61. The van der Waals surface area contributed by atoms with Crippen LogP contribution in [-0.2, 0) is 14.8 Å². The van der Waals surface area contributed by atoms with Crippen molar-refractivity contribution in [3.8, 4) is 0 Å². The van der Waals surface area contributed by atoms with E-state index in [4.69, 9.17) is 0 Å². The van der Waals surface area contributed by atoms with Crippen LogP contribution in [0.3, 0.4) is 0 Å². The highest BCUT2D eigenvalue weighted by Gasteiger charge is 2.30. The Balaban J connectivity index is 2.19. The number of sulfonamides is 1. The van der Waals surface area contributed by atoms with Gasteiger partial charge in [0.25, 0.3) is 0 Å². The number of rotatable bonds is 3. The van der Waals surface area contributed by atoms with Gasteiger partial charge in [-0.3, -0.25) is 0 Å². The topological polar surface area (TPSA) is 66.8 Å². The van der Waals surface area contributed by atoms with Gasteiger partial charge in [-0.25, -0.2) is 22.6 Å². The molecule has 0 spiro atoms. The van der Waals surface area contributed by atoms with Crippen molar-refractivity contribution in [2.75, 3.05) is 13.1 Å². The summed E-state index contributed by atoms with van der Waals surface area (Å²) in [7, 11) is -3.81. The van der Waals surface area contributed by atoms with Crippen molar-refractivity contribution in [3.05, 3.63) is 30.1 Å². The zero-order valence-electron chi connectivity index (χ0n) is 10.1. The number of hydrogen-bond donors (Lipinski definition) is 0. The average Bonchev–Trinajstić information content (AvgIpc) is 2.40. The van der Waals surface area contributed by atoms with E-state index in [2.05, 4.69) is 4.99 Å². The molecule has 1 heterocycles. The Morgan fingerprint density at radius 1 is 1.26 bits per heavy atom. The van der Waals surface area contributed by atoms with Crippen molar-refractivity contribution in [2.45, 2.75) is 23.8 Å². The Morgan fingerprint density at radius 2 is 1.89 bits per heavy atom. The van der Waals surface area contributed by atoms with Crippen LogP contribution in [0.25, 0.3) is 0 Å². The van der Waals surface area contributed by atoms with E-state index in [0.29, 0.717) is 12.8 Å². The molecule has 0 aromatic heterocycles. The molecule has 1 fully saturated rings. The predicted octanol–water partition coefficient (Wildman–Crippen LogP) is 1.31. The van der Waals surface area contributed by atoms with Gasteiger partial charge in [0, 0.05) is 13.1 Å². The van der Waals surface area contributed by atoms with Crippen LogP contribution in [0.15, 0.2) is 34.2 Å². The molecule has 1 saturated heterocycles. The molecule has 0 aliphatic carbocycles. The third-order valence-corrected chi connectivity index (χ3v) is 5.05. The largest absolute Gasteiger partial charge is 0.245 e. The Labute approximate surface area is 110 Å². The van der Waals surface area contributed by atoms with E-state index in [1.165, 1.54) is 28.6 Å². The smallest absolute Gasteiger partial charge is 0.211 e. The Bertz CT molecular complexity index is 603. The van der Waals surface area contributed by atoms with E-state index in [9.17, 15) is 17.6 Å². The van der Waals surface area contributed by atoms with E-state index in [0.717, 1.165) is 6.07 Å². The van der Waals surface area contributed by atoms with Gasteiger partial charge in [0.1, 0.15) is 10.7 Å². The van der Waals surface area contributed by atoms with Crippen LogP contribution >= 0.6 is 0 Å². The summed E-state index contributed by atoms with van der Waals surface area (Å²) in [5.74, 6) is -0.754. The van der Waals surface area contributed by atoms with E-state index in [1.807, 2.05) is 0 Å². The van der Waals surface area contributed by atoms with Crippen molar-refractivity contribution in [3.63, 3.8) is 0 Å². The lowest BCUT2D eigenvalue weighted by Gasteiger charge is -2.28. The van der Waals surface area contributed by atoms with Crippen LogP contribution in [0.4, 0.5) is 4.39 Å². The quantitative estimate of drug-likeness (QED) is 0.621. The first-order chi connectivity index (χ1) is 9.05. The molecule has 1 aliphatic rings. The maximum atomic E-state index is 13.6. The fraction of sp³-hybridized carbons (Fsp3) is 0.417. The highest BCUT2D eigenvalue weighted by Crippen LogP contribution is 2.23. The van der Waals surface area contributed by atoms with Crippen molar-refractivity contribution in [2.24, 2.45) is 4.99 Å². The van der Waals surface area contributed by atoms with Crippen molar-refractivity contribution < 1.29 is 17.6 Å². The molecular formula is C12H13FN2O3S. The minimum Gasteiger partial charge on any atom is -0.211 e. The number of carbonyl (C=O) groups excluding carboxylic acids is 1. The van der Waals surface area contributed by atoms with Gasteiger partial charge in [0.15, 0.2) is 0 Å². The zero-order chi connectivity index (χ0) is 13.9. The first-order valence-corrected chi connectivity index (χ1v) is 7.31. The SMILES string of the molecule is O=C=NC1CCN(S(=O)(=O)c2ccccc2F)CC1. The summed E-state index contributed by atoms with van der Waals surface area (Å²) in [6.45, 7) is 0.457. The van der Waals surface area contributed by atoms with Crippen molar-refractivity contribution in [1.82, 2.24) is 4.31 Å². The van der Waals surface area contributed by atoms with Crippen LogP contribution in [0.1, 0.15) is 12.8 Å². The molecule has 0 amide bonds. The highest BCUT2D eigenvalue weighted by molar-refractivity contribution is 7.89. The normalized spacial score (nSPS) is 17.9. The average molecular weight is 284 g/mol. The maximum Gasteiger partial charge on any atom is 0.245 e. The molecule has 2 rings (SSSR count). The molecule has 0 bridgehead atoms. The van der Waals surface area contributed by atoms with E-state index < -0.39 is 15.8 Å². The third-order valence-electron chi connectivity index (χ3n) is 3.11. The van der Waals surface area contributed by atoms with Crippen LogP contribution < -0.4 is 0 Å². The molecule has 1 aromatic rings. The van der Waals surface area contributed by atoms with Crippen molar-refractivity contribution >= 4 is 16.1 Å². The summed E-state index contributed by atoms with van der Waals surface area (Å²) in [6.07, 6.45) is 2.37. The minimum absolute atomic E-state index is 0.190. The fourth-order valence-electron chi connectivity index (χ4n) is 2.08. The molecule has 102 valence electrons. The molecule has 5 nitrogen and oxygen atoms in total. The molecule has 0 unspecified atom stereocenters. The lowest BCUT2D eigenvalue weighted by Crippen LogP contribution is -2.39. The second-order valence-corrected chi connectivity index (χ2v) is 6.19. The summed E-state index contributed by atoms with van der Waals surface area (Å²) in [5.41, 5.74) is 0. The first-order valence-electron chi connectivity index (χ1n) is 5.87. The number of isocyanates is 1. The standard InChI is InChI=1S/C12H13FN2O3S/c13-11-3-1-2-4-12(11)19(17,18)15-7-5-10(6-8-15)14-9-16/h1-4,10H,5-8H2. The van der Waals surface area contributed by atoms with Crippen LogP contribution in [0.2, 0.25) is 0 Å². The second-order valence-electron chi connectivity index (χ2n) is 4.29. The van der Waals surface area contributed by atoms with Crippen LogP contribution in [0, 0.1) is 5.82 Å². The number of nitrogens with zero attached hydrogens (tertiary/aromatic N) is 2. The van der Waals surface area contributed by atoms with E-state index in [-0.39, 0.29) is 24.0 Å². The minimum atomic E-state index is -3.81. The number of halogens is 1. The molecule has 7 heteroatoms. The summed E-state index contributed by atoms with van der Waals surface area (Å²) in [6, 6.07) is 5.11. The Hall–Kier alpha value is -1.56. The molecule has 1 aliphatic heterocycles. The molecule has 0 N–H and O–H groups in total. The van der Waals surface area contributed by atoms with Crippen molar-refractivity contribution in [1.29, 1.82) is 0 Å². The molecule has 0 radical (unpaired) electrons. The van der Waals surface area contributed by atoms with Gasteiger partial charge < -0.3 is 0 Å². The highest BCUT2D eigenvalue weighted by atomic mass is 32.2. The molecule has 0 saturated carbocycles. The molecule has 0 atom stereocenters. The van der Waals surface area contributed by atoms with Gasteiger partial charge >= 0.3 is 0 Å². The third kappa shape index (κ3) is 2.89. The number of piperidine rings is 1. The summed E-state index contributed by atoms with van der Waals surface area (Å²) in [4.78, 5) is 13.4. The Morgan fingerprint density at radius 3 is 2.47 bits per heavy atom. The summed E-state index contributed by atoms with van der Waals surface area (Å²) >= 11 is 0. The number of hydrogen-bond acceptors (Lipinski definition) is 4. The zero-order valence-corrected chi connectivity index (χ0v) is 10.9. The van der Waals surface area contributed by atoms with Gasteiger partial charge in [0.2, 0.25) is 16.1 Å². The van der Waals surface area contributed by atoms with E-state index >= 15 is 0 Å². The Kier molecular flexibility index (Phi) is 4.09. The van der Waals surface area contributed by atoms with Gasteiger partial charge in [-0.05, 0) is 25.0 Å². The molecule has 19 heavy (non-hydrogen) atoms. The van der Waals surface area contributed by atoms with Gasteiger partial charge in [-0.2, -0.15) is 4.31 Å². The molecular weight excluding hydrogens is 271 g/mol. The van der Waals surface area contributed by atoms with Gasteiger partial charge in [-0.15, -0.1) is 0 Å². The molecule has 1 aromatic carbocycles. The number of benzene rings is 1. The summed E-state index contributed by atoms with van der Waals surface area (Å²) in [5, 5.41) is 0. The lowest BCUT2D eigenvalue weighted by atomic mass is 10.1. The lowest BCUT2D eigenvalue weighted by molar-refractivity contribution is 0.319. The van der Waals surface area contributed by atoms with Crippen LogP contribution in [-0.4, -0.2) is 37.9 Å².